The molecule has 35 heavy (non-hydrogen) atoms. The molecule has 0 radical (unpaired) electrons. The molecular formula is C28H32N4O3. The molecule has 0 saturated carbocycles. The van der Waals surface area contributed by atoms with E-state index in [1.54, 1.807) is 43.3 Å². The highest BCUT2D eigenvalue weighted by Gasteiger charge is 2.12. The largest absolute Gasteiger partial charge is 0.376 e. The maximum Gasteiger partial charge on any atom is 0.251 e. The van der Waals surface area contributed by atoms with Gasteiger partial charge in [-0.05, 0) is 60.9 Å². The summed E-state index contributed by atoms with van der Waals surface area (Å²) in [5.41, 5.74) is 4.06. The molecule has 0 aliphatic heterocycles. The number of anilines is 2. The van der Waals surface area contributed by atoms with E-state index in [0.717, 1.165) is 16.8 Å². The zero-order valence-corrected chi connectivity index (χ0v) is 20.4. The number of carbonyl (C=O) groups excluding carboxylic acids is 3. The van der Waals surface area contributed by atoms with Gasteiger partial charge in [-0.1, -0.05) is 42.5 Å². The minimum Gasteiger partial charge on any atom is -0.376 e. The number of nitrogens with zero attached hydrogens (tertiary/aromatic N) is 1. The molecule has 0 bridgehead atoms. The fourth-order valence-corrected chi connectivity index (χ4v) is 3.46. The first kappa shape index (κ1) is 25.5. The van der Waals surface area contributed by atoms with Gasteiger partial charge in [-0.3, -0.25) is 14.4 Å². The smallest absolute Gasteiger partial charge is 0.251 e. The maximum absolute atomic E-state index is 12.5. The third kappa shape index (κ3) is 7.99. The molecule has 3 N–H and O–H groups in total. The Morgan fingerprint density at radius 1 is 0.829 bits per heavy atom. The van der Waals surface area contributed by atoms with Gasteiger partial charge in [0.2, 0.25) is 11.8 Å². The summed E-state index contributed by atoms with van der Waals surface area (Å²) < 4.78 is 0. The van der Waals surface area contributed by atoms with E-state index in [4.69, 9.17) is 0 Å². The predicted molar refractivity (Wildman–Crippen MR) is 139 cm³/mol. The molecule has 0 saturated heterocycles. The highest BCUT2D eigenvalue weighted by Crippen LogP contribution is 2.15. The van der Waals surface area contributed by atoms with Gasteiger partial charge in [0.1, 0.15) is 0 Å². The summed E-state index contributed by atoms with van der Waals surface area (Å²) >= 11 is 0. The van der Waals surface area contributed by atoms with Gasteiger partial charge >= 0.3 is 0 Å². The van der Waals surface area contributed by atoms with Gasteiger partial charge in [-0.15, -0.1) is 0 Å². The Labute approximate surface area is 206 Å². The van der Waals surface area contributed by atoms with E-state index >= 15 is 0 Å². The number of carbonyl (C=O) groups is 3. The minimum absolute atomic E-state index is 0.0966. The van der Waals surface area contributed by atoms with Crippen LogP contribution in [0.1, 0.15) is 40.9 Å². The van der Waals surface area contributed by atoms with E-state index in [1.165, 1.54) is 0 Å². The van der Waals surface area contributed by atoms with Crippen molar-refractivity contribution in [2.24, 2.45) is 0 Å². The van der Waals surface area contributed by atoms with Gasteiger partial charge in [0, 0.05) is 37.5 Å². The first-order chi connectivity index (χ1) is 16.8. The summed E-state index contributed by atoms with van der Waals surface area (Å²) in [6.45, 7) is 2.05. The number of rotatable bonds is 10. The molecule has 0 aliphatic carbocycles. The van der Waals surface area contributed by atoms with Crippen molar-refractivity contribution < 1.29 is 14.4 Å². The van der Waals surface area contributed by atoms with E-state index in [2.05, 4.69) is 16.0 Å². The predicted octanol–water partition coefficient (Wildman–Crippen LogP) is 4.25. The molecular weight excluding hydrogens is 440 g/mol. The lowest BCUT2D eigenvalue weighted by atomic mass is 10.1. The molecule has 7 heteroatoms. The van der Waals surface area contributed by atoms with Crippen molar-refractivity contribution in [2.45, 2.75) is 25.8 Å². The monoisotopic (exact) mass is 472 g/mol. The van der Waals surface area contributed by atoms with E-state index < -0.39 is 0 Å². The van der Waals surface area contributed by atoms with Gasteiger partial charge in [0.15, 0.2) is 0 Å². The summed E-state index contributed by atoms with van der Waals surface area (Å²) in [6, 6.07) is 24.2. The number of benzene rings is 3. The quantitative estimate of drug-likeness (QED) is 0.412. The Kier molecular flexibility index (Phi) is 9.01. The molecule has 0 fully saturated rings. The van der Waals surface area contributed by atoms with E-state index in [0.29, 0.717) is 24.1 Å². The molecule has 3 rings (SSSR count). The van der Waals surface area contributed by atoms with Crippen LogP contribution in [0.3, 0.4) is 0 Å². The third-order valence-electron chi connectivity index (χ3n) is 5.61. The van der Waals surface area contributed by atoms with Crippen molar-refractivity contribution in [3.63, 3.8) is 0 Å². The van der Waals surface area contributed by atoms with Crippen LogP contribution in [0.25, 0.3) is 0 Å². The van der Waals surface area contributed by atoms with Crippen LogP contribution in [-0.4, -0.2) is 43.3 Å². The number of nitrogens with one attached hydrogen (secondary N) is 3. The summed E-state index contributed by atoms with van der Waals surface area (Å²) in [7, 11) is 3.50. The lowest BCUT2D eigenvalue weighted by Crippen LogP contribution is -2.26. The third-order valence-corrected chi connectivity index (χ3v) is 5.61. The Hall–Kier alpha value is -4.13. The lowest BCUT2D eigenvalue weighted by Gasteiger charge is -2.14. The second-order valence-corrected chi connectivity index (χ2v) is 8.57. The zero-order chi connectivity index (χ0) is 25.2. The first-order valence-corrected chi connectivity index (χ1v) is 11.6. The van der Waals surface area contributed by atoms with Crippen LogP contribution in [0, 0.1) is 0 Å². The van der Waals surface area contributed by atoms with Gasteiger partial charge in [0.05, 0.1) is 12.6 Å². The van der Waals surface area contributed by atoms with Gasteiger partial charge in [-0.25, -0.2) is 0 Å². The van der Waals surface area contributed by atoms with E-state index in [9.17, 15) is 14.4 Å². The molecule has 0 heterocycles. The molecule has 0 aliphatic rings. The van der Waals surface area contributed by atoms with Crippen molar-refractivity contribution in [3.05, 3.63) is 95.6 Å². The van der Waals surface area contributed by atoms with Gasteiger partial charge in [-0.2, -0.15) is 0 Å². The molecule has 3 aromatic rings. The highest BCUT2D eigenvalue weighted by atomic mass is 16.2. The average molecular weight is 473 g/mol. The van der Waals surface area contributed by atoms with Crippen LogP contribution >= 0.6 is 0 Å². The Balaban J connectivity index is 1.44. The maximum atomic E-state index is 12.5. The Bertz CT molecular complexity index is 1130. The molecule has 1 atom stereocenters. The number of amides is 3. The van der Waals surface area contributed by atoms with Gasteiger partial charge in [0.25, 0.3) is 5.91 Å². The Morgan fingerprint density at radius 2 is 1.46 bits per heavy atom. The van der Waals surface area contributed by atoms with Crippen molar-refractivity contribution in [1.29, 1.82) is 0 Å². The first-order valence-electron chi connectivity index (χ1n) is 11.6. The fraction of sp³-hybridized carbons (Fsp3) is 0.250. The highest BCUT2D eigenvalue weighted by molar-refractivity contribution is 5.96. The van der Waals surface area contributed by atoms with Crippen molar-refractivity contribution >= 4 is 29.1 Å². The summed E-state index contributed by atoms with van der Waals surface area (Å²) in [5.74, 6) is -0.268. The SMILES string of the molecule is CC(NC(=O)c1ccc(NC(=O)CNc2ccc(CCC(=O)N(C)C)cc2)cc1)c1ccccc1. The standard InChI is InChI=1S/C28H32N4O3/c1-20(22-7-5-4-6-8-22)30-28(35)23-12-16-25(17-13-23)31-26(33)19-29-24-14-9-21(10-15-24)11-18-27(34)32(2)3/h4-10,12-17,20,29H,11,18-19H2,1-3H3,(H,30,35)(H,31,33). The summed E-state index contributed by atoms with van der Waals surface area (Å²) in [5, 5.41) is 8.89. The van der Waals surface area contributed by atoms with Crippen LogP contribution in [0.5, 0.6) is 0 Å². The molecule has 1 unspecified atom stereocenters. The van der Waals surface area contributed by atoms with Crippen LogP contribution in [-0.2, 0) is 16.0 Å². The number of aryl methyl sites for hydroxylation is 1. The fourth-order valence-electron chi connectivity index (χ4n) is 3.46. The Morgan fingerprint density at radius 3 is 2.09 bits per heavy atom. The van der Waals surface area contributed by atoms with Crippen LogP contribution in [0.2, 0.25) is 0 Å². The van der Waals surface area contributed by atoms with E-state index in [1.807, 2.05) is 61.5 Å². The van der Waals surface area contributed by atoms with Crippen molar-refractivity contribution in [3.8, 4) is 0 Å². The second kappa shape index (κ2) is 12.4. The minimum atomic E-state index is -0.194. The van der Waals surface area contributed by atoms with Crippen LogP contribution < -0.4 is 16.0 Å². The molecule has 182 valence electrons. The normalized spacial score (nSPS) is 11.3. The second-order valence-electron chi connectivity index (χ2n) is 8.57. The van der Waals surface area contributed by atoms with Crippen LogP contribution in [0.15, 0.2) is 78.9 Å². The molecule has 3 amide bonds. The molecule has 3 aromatic carbocycles. The summed E-state index contributed by atoms with van der Waals surface area (Å²) in [6.07, 6.45) is 1.14. The lowest BCUT2D eigenvalue weighted by molar-refractivity contribution is -0.128. The average Bonchev–Trinajstić information content (AvgIpc) is 2.87. The molecule has 7 nitrogen and oxygen atoms in total. The van der Waals surface area contributed by atoms with E-state index in [-0.39, 0.29) is 30.3 Å². The summed E-state index contributed by atoms with van der Waals surface area (Å²) in [4.78, 5) is 38.1. The number of hydrogen-bond acceptors (Lipinski definition) is 4. The zero-order valence-electron chi connectivity index (χ0n) is 20.4. The molecule has 0 spiro atoms. The number of hydrogen-bond donors (Lipinski definition) is 3. The topological polar surface area (TPSA) is 90.5 Å². The van der Waals surface area contributed by atoms with Crippen LogP contribution in [0.4, 0.5) is 11.4 Å². The van der Waals surface area contributed by atoms with Crippen molar-refractivity contribution in [1.82, 2.24) is 10.2 Å². The molecule has 0 aromatic heterocycles. The van der Waals surface area contributed by atoms with Gasteiger partial charge < -0.3 is 20.9 Å². The van der Waals surface area contributed by atoms with Crippen molar-refractivity contribution in [2.75, 3.05) is 31.3 Å².